The summed E-state index contributed by atoms with van der Waals surface area (Å²) >= 11 is 6.31. The van der Waals surface area contributed by atoms with Crippen LogP contribution in [0.1, 0.15) is 51.4 Å². The van der Waals surface area contributed by atoms with Gasteiger partial charge in [-0.1, -0.05) is 30.6 Å². The Kier molecular flexibility index (Phi) is 5.62. The Bertz CT molecular complexity index is 808. The van der Waals surface area contributed by atoms with Crippen molar-refractivity contribution in [1.82, 2.24) is 24.8 Å². The van der Waals surface area contributed by atoms with Crippen molar-refractivity contribution < 1.29 is 4.52 Å². The van der Waals surface area contributed by atoms with Gasteiger partial charge in [0.15, 0.2) is 5.82 Å². The Morgan fingerprint density at radius 2 is 1.88 bits per heavy atom. The molecule has 0 aliphatic carbocycles. The van der Waals surface area contributed by atoms with Crippen LogP contribution in [0.15, 0.2) is 15.5 Å². The van der Waals surface area contributed by atoms with E-state index in [2.05, 4.69) is 25.0 Å². The van der Waals surface area contributed by atoms with Gasteiger partial charge in [-0.25, -0.2) is 4.68 Å². The summed E-state index contributed by atoms with van der Waals surface area (Å²) < 4.78 is 6.73. The van der Waals surface area contributed by atoms with Crippen LogP contribution in [0.4, 0.5) is 5.69 Å². The van der Waals surface area contributed by atoms with E-state index in [1.54, 1.807) is 6.20 Å². The maximum atomic E-state index is 12.3. The molecule has 0 amide bonds. The minimum atomic E-state index is -0.242. The number of aromatic nitrogens is 4. The fourth-order valence-electron chi connectivity index (χ4n) is 2.93. The lowest BCUT2D eigenvalue weighted by Crippen LogP contribution is -2.46. The third-order valence-electron chi connectivity index (χ3n) is 4.49. The van der Waals surface area contributed by atoms with Crippen LogP contribution in [0.2, 0.25) is 5.02 Å². The first kappa shape index (κ1) is 18.8. The van der Waals surface area contributed by atoms with Crippen molar-refractivity contribution in [2.24, 2.45) is 0 Å². The molecule has 0 N–H and O–H groups in total. The maximum Gasteiger partial charge on any atom is 0.287 e. The maximum absolute atomic E-state index is 12.3. The molecule has 0 aromatic carbocycles. The zero-order valence-corrected chi connectivity index (χ0v) is 16.4. The molecule has 0 radical (unpaired) electrons. The second-order valence-corrected chi connectivity index (χ2v) is 7.53. The van der Waals surface area contributed by atoms with Gasteiger partial charge in [0.05, 0.1) is 24.5 Å². The molecule has 2 aromatic heterocycles. The van der Waals surface area contributed by atoms with Crippen LogP contribution >= 0.6 is 11.6 Å². The van der Waals surface area contributed by atoms with Crippen molar-refractivity contribution in [1.29, 1.82) is 0 Å². The quantitative estimate of drug-likeness (QED) is 0.787. The largest absolute Gasteiger partial charge is 0.366 e. The molecule has 26 heavy (non-hydrogen) atoms. The summed E-state index contributed by atoms with van der Waals surface area (Å²) in [6.45, 7) is 11.7. The lowest BCUT2D eigenvalue weighted by molar-refractivity contribution is 0.215. The summed E-state index contributed by atoms with van der Waals surface area (Å²) in [6, 6.07) is -0.0176. The zero-order valence-electron chi connectivity index (χ0n) is 15.6. The molecule has 0 spiro atoms. The molecule has 142 valence electrons. The molecule has 1 aliphatic rings. The van der Waals surface area contributed by atoms with Crippen LogP contribution in [0.25, 0.3) is 0 Å². The van der Waals surface area contributed by atoms with Gasteiger partial charge in [-0.05, 0) is 13.8 Å². The van der Waals surface area contributed by atoms with Gasteiger partial charge < -0.3 is 9.42 Å². The molecule has 1 fully saturated rings. The van der Waals surface area contributed by atoms with Crippen LogP contribution in [0.5, 0.6) is 0 Å². The topological polar surface area (TPSA) is 80.3 Å². The van der Waals surface area contributed by atoms with Crippen molar-refractivity contribution >= 4 is 17.3 Å². The lowest BCUT2D eigenvalue weighted by Gasteiger charge is -2.35. The standard InChI is InChI=1S/C17H25ClN6O2/c1-11(2)16-20-14(26-21-16)10-22-5-7-23(8-6-22)13-9-19-24(12(3)4)17(25)15(13)18/h9,11-12H,5-8,10H2,1-4H3. The highest BCUT2D eigenvalue weighted by Gasteiger charge is 2.23. The third kappa shape index (κ3) is 3.91. The van der Waals surface area contributed by atoms with Crippen molar-refractivity contribution in [3.8, 4) is 0 Å². The fraction of sp³-hybridized carbons (Fsp3) is 0.647. The van der Waals surface area contributed by atoms with Crippen LogP contribution in [0, 0.1) is 0 Å². The van der Waals surface area contributed by atoms with E-state index in [0.29, 0.717) is 18.1 Å². The summed E-state index contributed by atoms with van der Waals surface area (Å²) in [5.41, 5.74) is 0.460. The smallest absolute Gasteiger partial charge is 0.287 e. The monoisotopic (exact) mass is 380 g/mol. The van der Waals surface area contributed by atoms with Crippen LogP contribution in [-0.4, -0.2) is 51.0 Å². The minimum Gasteiger partial charge on any atom is -0.366 e. The first-order chi connectivity index (χ1) is 12.4. The van der Waals surface area contributed by atoms with Crippen molar-refractivity contribution in [2.45, 2.75) is 46.2 Å². The number of hydrogen-bond acceptors (Lipinski definition) is 7. The molecule has 0 unspecified atom stereocenters. The Balaban J connectivity index is 1.63. The van der Waals surface area contributed by atoms with Crippen molar-refractivity contribution in [3.05, 3.63) is 33.3 Å². The average Bonchev–Trinajstić information content (AvgIpc) is 3.07. The highest BCUT2D eigenvalue weighted by atomic mass is 35.5. The first-order valence-corrected chi connectivity index (χ1v) is 9.31. The van der Waals surface area contributed by atoms with E-state index in [-0.39, 0.29) is 22.5 Å². The molecular formula is C17H25ClN6O2. The molecule has 2 aromatic rings. The molecule has 1 saturated heterocycles. The highest BCUT2D eigenvalue weighted by Crippen LogP contribution is 2.23. The summed E-state index contributed by atoms with van der Waals surface area (Å²) in [4.78, 5) is 21.1. The van der Waals surface area contributed by atoms with E-state index in [4.69, 9.17) is 16.1 Å². The molecular weight excluding hydrogens is 356 g/mol. The van der Waals surface area contributed by atoms with E-state index < -0.39 is 0 Å². The van der Waals surface area contributed by atoms with Crippen molar-refractivity contribution in [3.63, 3.8) is 0 Å². The van der Waals surface area contributed by atoms with Gasteiger partial charge >= 0.3 is 0 Å². The summed E-state index contributed by atoms with van der Waals surface area (Å²) in [7, 11) is 0. The summed E-state index contributed by atoms with van der Waals surface area (Å²) in [5, 5.41) is 8.49. The highest BCUT2D eigenvalue weighted by molar-refractivity contribution is 6.33. The van der Waals surface area contributed by atoms with Gasteiger partial charge in [-0.15, -0.1) is 0 Å². The number of hydrogen-bond donors (Lipinski definition) is 0. The Morgan fingerprint density at radius 1 is 1.19 bits per heavy atom. The van der Waals surface area contributed by atoms with E-state index in [0.717, 1.165) is 32.0 Å². The molecule has 0 bridgehead atoms. The van der Waals surface area contributed by atoms with E-state index >= 15 is 0 Å². The van der Waals surface area contributed by atoms with Gasteiger partial charge in [-0.3, -0.25) is 9.69 Å². The molecule has 1 aliphatic heterocycles. The van der Waals surface area contributed by atoms with Crippen LogP contribution in [0.3, 0.4) is 0 Å². The minimum absolute atomic E-state index is 0.0176. The van der Waals surface area contributed by atoms with Gasteiger partial charge in [0.1, 0.15) is 5.02 Å². The number of nitrogens with zero attached hydrogens (tertiary/aromatic N) is 6. The van der Waals surface area contributed by atoms with E-state index in [1.165, 1.54) is 4.68 Å². The average molecular weight is 381 g/mol. The Morgan fingerprint density at radius 3 is 2.46 bits per heavy atom. The van der Waals surface area contributed by atoms with Gasteiger partial charge in [0, 0.05) is 32.1 Å². The van der Waals surface area contributed by atoms with E-state index in [1.807, 2.05) is 27.7 Å². The number of rotatable bonds is 5. The second-order valence-electron chi connectivity index (χ2n) is 7.15. The summed E-state index contributed by atoms with van der Waals surface area (Å²) in [6.07, 6.45) is 1.69. The zero-order chi connectivity index (χ0) is 18.8. The normalized spacial score (nSPS) is 16.0. The first-order valence-electron chi connectivity index (χ1n) is 8.94. The summed E-state index contributed by atoms with van der Waals surface area (Å²) in [5.74, 6) is 1.63. The number of anilines is 1. The fourth-order valence-corrected chi connectivity index (χ4v) is 3.18. The Labute approximate surface area is 157 Å². The van der Waals surface area contributed by atoms with Crippen LogP contribution < -0.4 is 10.5 Å². The SMILES string of the molecule is CC(C)c1noc(CN2CCN(c3cnn(C(C)C)c(=O)c3Cl)CC2)n1. The molecule has 9 heteroatoms. The molecule has 8 nitrogen and oxygen atoms in total. The van der Waals surface area contributed by atoms with Crippen molar-refractivity contribution in [2.75, 3.05) is 31.1 Å². The van der Waals surface area contributed by atoms with Gasteiger partial charge in [-0.2, -0.15) is 10.1 Å². The number of halogens is 1. The predicted octanol–water partition coefficient (Wildman–Crippen LogP) is 2.31. The molecule has 3 rings (SSSR count). The van der Waals surface area contributed by atoms with E-state index in [9.17, 15) is 4.79 Å². The Hall–Kier alpha value is -1.93. The molecule has 0 saturated carbocycles. The third-order valence-corrected chi connectivity index (χ3v) is 4.84. The lowest BCUT2D eigenvalue weighted by atomic mass is 10.2. The molecule has 0 atom stereocenters. The predicted molar refractivity (Wildman–Crippen MR) is 99.8 cm³/mol. The van der Waals surface area contributed by atoms with Crippen LogP contribution in [-0.2, 0) is 6.54 Å². The number of piperazine rings is 1. The van der Waals surface area contributed by atoms with Gasteiger partial charge in [0.2, 0.25) is 5.89 Å². The second kappa shape index (κ2) is 7.75. The molecule has 3 heterocycles. The van der Waals surface area contributed by atoms with Gasteiger partial charge in [0.25, 0.3) is 5.56 Å².